The first kappa shape index (κ1) is 13.2. The van der Waals surface area contributed by atoms with Crippen LogP contribution in [0.15, 0.2) is 12.4 Å². The number of aromatic nitrogens is 2. The van der Waals surface area contributed by atoms with Gasteiger partial charge in [-0.3, -0.25) is 4.68 Å². The van der Waals surface area contributed by atoms with Crippen LogP contribution in [0.3, 0.4) is 0 Å². The quantitative estimate of drug-likeness (QED) is 0.774. The summed E-state index contributed by atoms with van der Waals surface area (Å²) in [6.07, 6.45) is 5.53. The molecule has 16 heavy (non-hydrogen) atoms. The molecule has 0 aliphatic rings. The molecular formula is C12H23N3O. The van der Waals surface area contributed by atoms with Gasteiger partial charge in [0.25, 0.3) is 0 Å². The van der Waals surface area contributed by atoms with Crippen LogP contribution in [0.5, 0.6) is 0 Å². The predicted octanol–water partition coefficient (Wildman–Crippen LogP) is 1.67. The number of nitrogens with zero attached hydrogens (tertiary/aromatic N) is 2. The summed E-state index contributed by atoms with van der Waals surface area (Å²) in [6.45, 7) is 6.43. The number of rotatable bonds is 6. The molecule has 2 atom stereocenters. The van der Waals surface area contributed by atoms with Crippen molar-refractivity contribution in [2.75, 3.05) is 6.61 Å². The molecule has 1 aromatic heterocycles. The van der Waals surface area contributed by atoms with Crippen LogP contribution in [0.2, 0.25) is 0 Å². The lowest BCUT2D eigenvalue weighted by atomic mass is 9.90. The minimum Gasteiger partial charge on any atom is -0.396 e. The number of hydrogen-bond donors (Lipinski definition) is 2. The maximum atomic E-state index is 9.08. The Labute approximate surface area is 97.5 Å². The molecule has 0 aliphatic heterocycles. The summed E-state index contributed by atoms with van der Waals surface area (Å²) in [7, 11) is 0. The van der Waals surface area contributed by atoms with Gasteiger partial charge in [-0.05, 0) is 32.3 Å². The highest BCUT2D eigenvalue weighted by Crippen LogP contribution is 2.24. The summed E-state index contributed by atoms with van der Waals surface area (Å²) in [5, 5.41) is 13.4. The zero-order valence-corrected chi connectivity index (χ0v) is 10.4. The smallest absolute Gasteiger partial charge is 0.0525 e. The van der Waals surface area contributed by atoms with E-state index in [1.54, 1.807) is 0 Å². The Balaban J connectivity index is 2.83. The number of nitrogens with two attached hydrogens (primary N) is 1. The van der Waals surface area contributed by atoms with Crippen LogP contribution in [-0.4, -0.2) is 27.5 Å². The van der Waals surface area contributed by atoms with E-state index in [2.05, 4.69) is 25.9 Å². The zero-order chi connectivity index (χ0) is 12.1. The van der Waals surface area contributed by atoms with Crippen LogP contribution in [-0.2, 0) is 0 Å². The largest absolute Gasteiger partial charge is 0.396 e. The standard InChI is InChI=1S/C12H23N3O/c1-4-12(13)11(5-6-16)10-7-14-15(8-10)9(2)3/h7-9,11-12,16H,4-6,13H2,1-3H3. The molecule has 0 spiro atoms. The molecule has 4 heteroatoms. The van der Waals surface area contributed by atoms with E-state index in [9.17, 15) is 0 Å². The Morgan fingerprint density at radius 2 is 2.19 bits per heavy atom. The van der Waals surface area contributed by atoms with E-state index >= 15 is 0 Å². The lowest BCUT2D eigenvalue weighted by Gasteiger charge is -2.20. The van der Waals surface area contributed by atoms with Crippen molar-refractivity contribution < 1.29 is 5.11 Å². The highest BCUT2D eigenvalue weighted by Gasteiger charge is 2.19. The third-order valence-electron chi connectivity index (χ3n) is 3.01. The summed E-state index contributed by atoms with van der Waals surface area (Å²) in [4.78, 5) is 0. The van der Waals surface area contributed by atoms with Crippen molar-refractivity contribution in [3.05, 3.63) is 18.0 Å². The van der Waals surface area contributed by atoms with Gasteiger partial charge in [-0.1, -0.05) is 6.92 Å². The summed E-state index contributed by atoms with van der Waals surface area (Å²) < 4.78 is 1.93. The molecule has 1 heterocycles. The second-order valence-electron chi connectivity index (χ2n) is 4.54. The molecular weight excluding hydrogens is 202 g/mol. The lowest BCUT2D eigenvalue weighted by molar-refractivity contribution is 0.266. The Hall–Kier alpha value is -0.870. The van der Waals surface area contributed by atoms with Gasteiger partial charge in [-0.15, -0.1) is 0 Å². The van der Waals surface area contributed by atoms with Crippen LogP contribution in [0.25, 0.3) is 0 Å². The maximum Gasteiger partial charge on any atom is 0.0525 e. The first-order valence-electron chi connectivity index (χ1n) is 6.00. The van der Waals surface area contributed by atoms with Gasteiger partial charge in [0, 0.05) is 30.8 Å². The molecule has 0 bridgehead atoms. The van der Waals surface area contributed by atoms with Crippen LogP contribution >= 0.6 is 0 Å². The van der Waals surface area contributed by atoms with Crippen molar-refractivity contribution in [2.45, 2.75) is 51.6 Å². The number of aliphatic hydroxyl groups is 1. The average Bonchev–Trinajstić information content (AvgIpc) is 2.74. The normalized spacial score (nSPS) is 15.4. The number of hydrogen-bond acceptors (Lipinski definition) is 3. The summed E-state index contributed by atoms with van der Waals surface area (Å²) in [5.41, 5.74) is 7.21. The lowest BCUT2D eigenvalue weighted by Crippen LogP contribution is -2.28. The predicted molar refractivity (Wildman–Crippen MR) is 65.3 cm³/mol. The topological polar surface area (TPSA) is 64.1 Å². The minimum atomic E-state index is 0.0944. The molecule has 1 rings (SSSR count). The SMILES string of the molecule is CCC(N)C(CCO)c1cnn(C(C)C)c1. The van der Waals surface area contributed by atoms with Crippen molar-refractivity contribution in [2.24, 2.45) is 5.73 Å². The van der Waals surface area contributed by atoms with Crippen LogP contribution in [0.1, 0.15) is 51.1 Å². The monoisotopic (exact) mass is 225 g/mol. The highest BCUT2D eigenvalue weighted by molar-refractivity contribution is 5.14. The van der Waals surface area contributed by atoms with Gasteiger partial charge in [-0.2, -0.15) is 5.10 Å². The zero-order valence-electron chi connectivity index (χ0n) is 10.4. The van der Waals surface area contributed by atoms with E-state index in [1.807, 2.05) is 17.1 Å². The molecule has 0 fully saturated rings. The van der Waals surface area contributed by atoms with E-state index in [0.29, 0.717) is 12.5 Å². The summed E-state index contributed by atoms with van der Waals surface area (Å²) in [5.74, 6) is 0.211. The highest BCUT2D eigenvalue weighted by atomic mass is 16.3. The van der Waals surface area contributed by atoms with E-state index in [0.717, 1.165) is 12.0 Å². The van der Waals surface area contributed by atoms with Gasteiger partial charge < -0.3 is 10.8 Å². The average molecular weight is 225 g/mol. The fourth-order valence-corrected chi connectivity index (χ4v) is 1.88. The molecule has 4 nitrogen and oxygen atoms in total. The molecule has 1 aromatic rings. The van der Waals surface area contributed by atoms with Gasteiger partial charge in [0.1, 0.15) is 0 Å². The second-order valence-corrected chi connectivity index (χ2v) is 4.54. The van der Waals surface area contributed by atoms with E-state index in [1.165, 1.54) is 0 Å². The molecule has 3 N–H and O–H groups in total. The van der Waals surface area contributed by atoms with Gasteiger partial charge in [0.15, 0.2) is 0 Å². The van der Waals surface area contributed by atoms with Crippen molar-refractivity contribution in [1.82, 2.24) is 9.78 Å². The van der Waals surface area contributed by atoms with Gasteiger partial charge in [0.2, 0.25) is 0 Å². The summed E-state index contributed by atoms with van der Waals surface area (Å²) >= 11 is 0. The van der Waals surface area contributed by atoms with Crippen LogP contribution in [0, 0.1) is 0 Å². The minimum absolute atomic E-state index is 0.0944. The Morgan fingerprint density at radius 1 is 1.50 bits per heavy atom. The van der Waals surface area contributed by atoms with E-state index < -0.39 is 0 Å². The first-order chi connectivity index (χ1) is 7.60. The van der Waals surface area contributed by atoms with Gasteiger partial charge >= 0.3 is 0 Å². The maximum absolute atomic E-state index is 9.08. The number of aliphatic hydroxyl groups excluding tert-OH is 1. The molecule has 92 valence electrons. The third-order valence-corrected chi connectivity index (χ3v) is 3.01. The first-order valence-corrected chi connectivity index (χ1v) is 6.00. The Morgan fingerprint density at radius 3 is 2.62 bits per heavy atom. The second kappa shape index (κ2) is 6.01. The molecule has 0 amide bonds. The molecule has 2 unspecified atom stereocenters. The third kappa shape index (κ3) is 3.06. The van der Waals surface area contributed by atoms with Gasteiger partial charge in [-0.25, -0.2) is 0 Å². The molecule has 0 radical (unpaired) electrons. The van der Waals surface area contributed by atoms with Crippen LogP contribution < -0.4 is 5.73 Å². The van der Waals surface area contributed by atoms with E-state index in [-0.39, 0.29) is 18.6 Å². The van der Waals surface area contributed by atoms with Crippen LogP contribution in [0.4, 0.5) is 0 Å². The van der Waals surface area contributed by atoms with Gasteiger partial charge in [0.05, 0.1) is 6.20 Å². The van der Waals surface area contributed by atoms with Crippen molar-refractivity contribution >= 4 is 0 Å². The van der Waals surface area contributed by atoms with Crippen molar-refractivity contribution in [3.8, 4) is 0 Å². The molecule has 0 aromatic carbocycles. The molecule has 0 saturated carbocycles. The summed E-state index contributed by atoms with van der Waals surface area (Å²) in [6, 6.07) is 0.457. The Bertz CT molecular complexity index is 309. The molecule has 0 saturated heterocycles. The van der Waals surface area contributed by atoms with E-state index in [4.69, 9.17) is 10.8 Å². The Kier molecular flexibility index (Phi) is 4.96. The van der Waals surface area contributed by atoms with Crippen molar-refractivity contribution in [3.63, 3.8) is 0 Å². The fourth-order valence-electron chi connectivity index (χ4n) is 1.88. The molecule has 0 aliphatic carbocycles. The van der Waals surface area contributed by atoms with Crippen molar-refractivity contribution in [1.29, 1.82) is 0 Å². The fraction of sp³-hybridized carbons (Fsp3) is 0.750.